The molecule has 0 atom stereocenters. The van der Waals surface area contributed by atoms with Crippen LogP contribution in [0.25, 0.3) is 10.9 Å². The van der Waals surface area contributed by atoms with Gasteiger partial charge in [0.2, 0.25) is 0 Å². The third-order valence-corrected chi connectivity index (χ3v) is 6.61. The van der Waals surface area contributed by atoms with Gasteiger partial charge in [-0.05, 0) is 48.4 Å². The third kappa shape index (κ3) is 4.49. The van der Waals surface area contributed by atoms with E-state index in [9.17, 15) is 9.59 Å². The van der Waals surface area contributed by atoms with E-state index >= 15 is 0 Å². The molecule has 0 aliphatic heterocycles. The number of rotatable bonds is 6. The largest absolute Gasteiger partial charge is 0.465 e. The molecule has 5 aromatic rings. The molecule has 0 radical (unpaired) electrons. The first kappa shape index (κ1) is 24.0. The van der Waals surface area contributed by atoms with Crippen molar-refractivity contribution in [3.8, 4) is 0 Å². The zero-order valence-electron chi connectivity index (χ0n) is 21.0. The lowest BCUT2D eigenvalue weighted by Gasteiger charge is -2.24. The van der Waals surface area contributed by atoms with Crippen molar-refractivity contribution in [3.63, 3.8) is 0 Å². The van der Waals surface area contributed by atoms with Crippen LogP contribution in [0.3, 0.4) is 0 Å². The molecular weight excluding hydrogens is 462 g/mol. The van der Waals surface area contributed by atoms with E-state index in [0.717, 1.165) is 16.8 Å². The molecule has 0 saturated carbocycles. The van der Waals surface area contributed by atoms with Crippen LogP contribution in [0.1, 0.15) is 33.4 Å². The van der Waals surface area contributed by atoms with Crippen molar-refractivity contribution in [2.75, 3.05) is 19.1 Å². The molecule has 0 unspecified atom stereocenters. The summed E-state index contributed by atoms with van der Waals surface area (Å²) < 4.78 is 6.73. The third-order valence-electron chi connectivity index (χ3n) is 6.61. The van der Waals surface area contributed by atoms with Gasteiger partial charge in [0.15, 0.2) is 0 Å². The first-order chi connectivity index (χ1) is 18.0. The predicted molar refractivity (Wildman–Crippen MR) is 147 cm³/mol. The van der Waals surface area contributed by atoms with E-state index in [1.807, 2.05) is 110 Å². The maximum atomic E-state index is 14.1. The lowest BCUT2D eigenvalue weighted by molar-refractivity contribution is 0.0601. The van der Waals surface area contributed by atoms with Crippen molar-refractivity contribution >= 4 is 28.2 Å². The summed E-state index contributed by atoms with van der Waals surface area (Å²) >= 11 is 0. The fourth-order valence-corrected chi connectivity index (χ4v) is 4.76. The van der Waals surface area contributed by atoms with Gasteiger partial charge < -0.3 is 9.64 Å². The molecule has 0 saturated heterocycles. The Hall–Kier alpha value is -4.71. The molecule has 0 spiro atoms. The van der Waals surface area contributed by atoms with Gasteiger partial charge >= 0.3 is 5.97 Å². The van der Waals surface area contributed by atoms with Crippen LogP contribution in [-0.4, -0.2) is 29.7 Å². The van der Waals surface area contributed by atoms with Crippen molar-refractivity contribution < 1.29 is 9.53 Å². The summed E-state index contributed by atoms with van der Waals surface area (Å²) in [5.74, 6) is 0.212. The molecule has 5 rings (SSSR count). The Morgan fingerprint density at radius 3 is 2.08 bits per heavy atom. The summed E-state index contributed by atoms with van der Waals surface area (Å²) in [4.78, 5) is 33.1. The highest BCUT2D eigenvalue weighted by molar-refractivity contribution is 5.97. The van der Waals surface area contributed by atoms with Gasteiger partial charge in [0.25, 0.3) is 5.56 Å². The molecular formula is C31H27N3O3. The topological polar surface area (TPSA) is 64.4 Å². The van der Waals surface area contributed by atoms with Gasteiger partial charge in [0.05, 0.1) is 35.3 Å². The minimum Gasteiger partial charge on any atom is -0.465 e. The maximum Gasteiger partial charge on any atom is 0.339 e. The second-order valence-electron chi connectivity index (χ2n) is 8.83. The highest BCUT2D eigenvalue weighted by atomic mass is 16.5. The number of hydrogen-bond donors (Lipinski definition) is 0. The standard InChI is InChI=1S/C31H27N3O3/c1-21-32-27-19-18-24(33(2)28-17-11-10-16-25(28)31(36)37-3)20-26(27)30(35)34(21)29(22-12-6-4-7-13-22)23-14-8-5-9-15-23/h4-20,29H,1-3H3. The Morgan fingerprint density at radius 2 is 1.46 bits per heavy atom. The van der Waals surface area contributed by atoms with E-state index in [-0.39, 0.29) is 11.6 Å². The quantitative estimate of drug-likeness (QED) is 0.278. The van der Waals surface area contributed by atoms with Gasteiger partial charge in [0.1, 0.15) is 5.82 Å². The maximum absolute atomic E-state index is 14.1. The van der Waals surface area contributed by atoms with Crippen LogP contribution >= 0.6 is 0 Å². The normalized spacial score (nSPS) is 11.0. The van der Waals surface area contributed by atoms with Crippen LogP contribution in [0.4, 0.5) is 11.4 Å². The highest BCUT2D eigenvalue weighted by Crippen LogP contribution is 2.31. The molecule has 0 bridgehead atoms. The van der Waals surface area contributed by atoms with Crippen LogP contribution in [0.2, 0.25) is 0 Å². The summed E-state index contributed by atoms with van der Waals surface area (Å²) in [6, 6.07) is 32.5. The van der Waals surface area contributed by atoms with Crippen LogP contribution < -0.4 is 10.5 Å². The van der Waals surface area contributed by atoms with E-state index in [1.54, 1.807) is 16.7 Å². The number of carbonyl (C=O) groups is 1. The molecule has 0 N–H and O–H groups in total. The summed E-state index contributed by atoms with van der Waals surface area (Å²) in [5.41, 5.74) is 4.38. The molecule has 1 aromatic heterocycles. The van der Waals surface area contributed by atoms with Crippen LogP contribution in [-0.2, 0) is 4.74 Å². The summed E-state index contributed by atoms with van der Waals surface area (Å²) in [6.45, 7) is 1.87. The number of esters is 1. The zero-order valence-corrected chi connectivity index (χ0v) is 21.0. The zero-order chi connectivity index (χ0) is 25.9. The smallest absolute Gasteiger partial charge is 0.339 e. The SMILES string of the molecule is COC(=O)c1ccccc1N(C)c1ccc2nc(C)n(C(c3ccccc3)c3ccccc3)c(=O)c2c1. The van der Waals surface area contributed by atoms with Gasteiger partial charge in [-0.3, -0.25) is 9.36 Å². The number of benzene rings is 4. The number of fused-ring (bicyclic) bond motifs is 1. The van der Waals surface area contributed by atoms with Crippen molar-refractivity contribution in [2.45, 2.75) is 13.0 Å². The Morgan fingerprint density at radius 1 is 0.865 bits per heavy atom. The van der Waals surface area contributed by atoms with Crippen LogP contribution in [0, 0.1) is 6.92 Å². The van der Waals surface area contributed by atoms with Gasteiger partial charge in [-0.1, -0.05) is 72.8 Å². The molecule has 37 heavy (non-hydrogen) atoms. The fraction of sp³-hybridized carbons (Fsp3) is 0.129. The Bertz CT molecular complexity index is 1590. The number of aromatic nitrogens is 2. The number of anilines is 2. The van der Waals surface area contributed by atoms with Crippen LogP contribution in [0.15, 0.2) is 108 Å². The van der Waals surface area contributed by atoms with E-state index in [0.29, 0.717) is 28.0 Å². The van der Waals surface area contributed by atoms with Crippen LogP contribution in [0.5, 0.6) is 0 Å². The molecule has 0 amide bonds. The average molecular weight is 490 g/mol. The molecule has 1 heterocycles. The van der Waals surface area contributed by atoms with E-state index < -0.39 is 5.97 Å². The number of ether oxygens (including phenoxy) is 1. The summed E-state index contributed by atoms with van der Waals surface area (Å²) in [5, 5.41) is 0.502. The molecule has 184 valence electrons. The molecule has 0 aliphatic carbocycles. The molecule has 4 aromatic carbocycles. The molecule has 6 nitrogen and oxygen atoms in total. The monoisotopic (exact) mass is 489 g/mol. The number of aryl methyl sites for hydroxylation is 1. The Balaban J connectivity index is 1.69. The summed E-state index contributed by atoms with van der Waals surface area (Å²) in [7, 11) is 3.22. The number of carbonyl (C=O) groups excluding carboxylic acids is 1. The fourth-order valence-electron chi connectivity index (χ4n) is 4.76. The molecule has 6 heteroatoms. The number of hydrogen-bond acceptors (Lipinski definition) is 5. The Kier molecular flexibility index (Phi) is 6.56. The van der Waals surface area contributed by atoms with Crippen molar-refractivity contribution in [1.82, 2.24) is 9.55 Å². The highest BCUT2D eigenvalue weighted by Gasteiger charge is 2.22. The molecule has 0 aliphatic rings. The van der Waals surface area contributed by atoms with Gasteiger partial charge in [-0.15, -0.1) is 0 Å². The van der Waals surface area contributed by atoms with Crippen molar-refractivity contribution in [2.24, 2.45) is 0 Å². The van der Waals surface area contributed by atoms with Gasteiger partial charge in [-0.2, -0.15) is 0 Å². The van der Waals surface area contributed by atoms with Gasteiger partial charge in [-0.25, -0.2) is 9.78 Å². The predicted octanol–water partition coefficient (Wildman–Crippen LogP) is 5.90. The van der Waals surface area contributed by atoms with E-state index in [4.69, 9.17) is 9.72 Å². The first-order valence-electron chi connectivity index (χ1n) is 12.0. The molecule has 0 fully saturated rings. The van der Waals surface area contributed by atoms with E-state index in [1.165, 1.54) is 7.11 Å². The Labute approximate surface area is 215 Å². The lowest BCUT2D eigenvalue weighted by Crippen LogP contribution is -2.29. The average Bonchev–Trinajstić information content (AvgIpc) is 2.95. The first-order valence-corrected chi connectivity index (χ1v) is 12.0. The minimum absolute atomic E-state index is 0.128. The lowest BCUT2D eigenvalue weighted by atomic mass is 9.98. The van der Waals surface area contributed by atoms with Crippen molar-refractivity contribution in [3.05, 3.63) is 136 Å². The second-order valence-corrected chi connectivity index (χ2v) is 8.83. The van der Waals surface area contributed by atoms with E-state index in [2.05, 4.69) is 0 Å². The van der Waals surface area contributed by atoms with Gasteiger partial charge in [0, 0.05) is 12.7 Å². The summed E-state index contributed by atoms with van der Waals surface area (Å²) in [6.07, 6.45) is 0. The number of para-hydroxylation sites is 1. The second kappa shape index (κ2) is 10.1. The van der Waals surface area contributed by atoms with Crippen molar-refractivity contribution in [1.29, 1.82) is 0 Å². The number of nitrogens with zero attached hydrogens (tertiary/aromatic N) is 3. The minimum atomic E-state index is -0.420. The number of methoxy groups -OCH3 is 1.